The summed E-state index contributed by atoms with van der Waals surface area (Å²) in [7, 11) is 0. The van der Waals surface area contributed by atoms with Gasteiger partial charge in [-0.3, -0.25) is 4.79 Å². The average Bonchev–Trinajstić information content (AvgIpc) is 3.19. The summed E-state index contributed by atoms with van der Waals surface area (Å²) in [5.74, 6) is 0.739. The molecule has 0 radical (unpaired) electrons. The number of amides is 1. The van der Waals surface area contributed by atoms with Gasteiger partial charge in [-0.05, 0) is 36.8 Å². The maximum absolute atomic E-state index is 12.4. The lowest BCUT2D eigenvalue weighted by molar-refractivity contribution is -0.133. The number of piperidine rings is 1. The fourth-order valence-electron chi connectivity index (χ4n) is 2.94. The highest BCUT2D eigenvalue weighted by Crippen LogP contribution is 2.50. The molecule has 19 heavy (non-hydrogen) atoms. The molecule has 1 aromatic carbocycles. The van der Waals surface area contributed by atoms with E-state index in [4.69, 9.17) is 17.3 Å². The van der Waals surface area contributed by atoms with Crippen molar-refractivity contribution >= 4 is 17.5 Å². The number of carbonyl (C=O) groups is 1. The van der Waals surface area contributed by atoms with Gasteiger partial charge in [0.2, 0.25) is 5.91 Å². The molecular weight excluding hydrogens is 260 g/mol. The van der Waals surface area contributed by atoms with E-state index in [1.54, 1.807) is 0 Å². The van der Waals surface area contributed by atoms with Crippen LogP contribution in [-0.4, -0.2) is 29.9 Å². The van der Waals surface area contributed by atoms with Gasteiger partial charge in [-0.15, -0.1) is 0 Å². The summed E-state index contributed by atoms with van der Waals surface area (Å²) in [6, 6.07) is 8.11. The smallest absolute Gasteiger partial charge is 0.226 e. The van der Waals surface area contributed by atoms with Crippen LogP contribution >= 0.6 is 11.6 Å². The van der Waals surface area contributed by atoms with Gasteiger partial charge in [0, 0.05) is 30.1 Å². The van der Waals surface area contributed by atoms with Crippen molar-refractivity contribution in [2.75, 3.05) is 13.1 Å². The fourth-order valence-corrected chi connectivity index (χ4v) is 3.22. The van der Waals surface area contributed by atoms with Gasteiger partial charge in [-0.2, -0.15) is 0 Å². The zero-order valence-electron chi connectivity index (χ0n) is 10.9. The highest BCUT2D eigenvalue weighted by molar-refractivity contribution is 6.31. The molecule has 3 nitrogen and oxygen atoms in total. The minimum absolute atomic E-state index is 0.134. The van der Waals surface area contributed by atoms with Crippen LogP contribution in [0.25, 0.3) is 0 Å². The molecule has 2 atom stereocenters. The van der Waals surface area contributed by atoms with Gasteiger partial charge in [-0.25, -0.2) is 0 Å². The molecule has 1 aliphatic heterocycles. The number of hydrogen-bond donors (Lipinski definition) is 1. The van der Waals surface area contributed by atoms with Crippen molar-refractivity contribution in [1.82, 2.24) is 4.90 Å². The molecular formula is C15H19ClN2O. The largest absolute Gasteiger partial charge is 0.342 e. The summed E-state index contributed by atoms with van der Waals surface area (Å²) in [6.07, 6.45) is 2.79. The zero-order chi connectivity index (χ0) is 13.4. The molecule has 0 aromatic heterocycles. The first kappa shape index (κ1) is 12.9. The first-order valence-corrected chi connectivity index (χ1v) is 7.33. The van der Waals surface area contributed by atoms with Crippen molar-refractivity contribution in [2.45, 2.75) is 31.2 Å². The Labute approximate surface area is 118 Å². The van der Waals surface area contributed by atoms with E-state index in [1.165, 1.54) is 0 Å². The lowest BCUT2D eigenvalue weighted by Gasteiger charge is -2.30. The fraction of sp³-hybridized carbons (Fsp3) is 0.533. The van der Waals surface area contributed by atoms with E-state index >= 15 is 0 Å². The van der Waals surface area contributed by atoms with E-state index in [2.05, 4.69) is 0 Å². The van der Waals surface area contributed by atoms with Gasteiger partial charge in [0.15, 0.2) is 0 Å². The Morgan fingerprint density at radius 2 is 1.95 bits per heavy atom. The molecule has 2 aliphatic rings. The molecule has 1 aliphatic carbocycles. The van der Waals surface area contributed by atoms with Crippen LogP contribution in [0.3, 0.4) is 0 Å². The third-order valence-electron chi connectivity index (χ3n) is 4.26. The molecule has 1 aromatic rings. The van der Waals surface area contributed by atoms with Gasteiger partial charge < -0.3 is 10.6 Å². The number of hydrogen-bond acceptors (Lipinski definition) is 2. The predicted octanol–water partition coefficient (Wildman–Crippen LogP) is 2.39. The van der Waals surface area contributed by atoms with E-state index in [1.807, 2.05) is 29.2 Å². The Hall–Kier alpha value is -1.06. The summed E-state index contributed by atoms with van der Waals surface area (Å²) < 4.78 is 0. The van der Waals surface area contributed by atoms with Crippen LogP contribution < -0.4 is 5.73 Å². The van der Waals surface area contributed by atoms with E-state index in [9.17, 15) is 4.79 Å². The topological polar surface area (TPSA) is 46.3 Å². The number of rotatable bonds is 2. The first-order chi connectivity index (χ1) is 9.16. The molecule has 2 fully saturated rings. The van der Waals surface area contributed by atoms with Crippen LogP contribution in [0.4, 0.5) is 0 Å². The number of carbonyl (C=O) groups excluding carboxylic acids is 1. The number of likely N-dealkylation sites (tertiary alicyclic amines) is 1. The minimum atomic E-state index is 0.134. The van der Waals surface area contributed by atoms with Crippen molar-refractivity contribution < 1.29 is 4.79 Å². The van der Waals surface area contributed by atoms with Crippen molar-refractivity contribution in [3.05, 3.63) is 34.9 Å². The number of benzene rings is 1. The van der Waals surface area contributed by atoms with E-state index in [0.717, 1.165) is 42.9 Å². The molecule has 1 amide bonds. The number of halogens is 1. The lowest BCUT2D eigenvalue weighted by atomic mass is 10.0. The van der Waals surface area contributed by atoms with Gasteiger partial charge in [0.05, 0.1) is 0 Å². The molecule has 1 heterocycles. The Kier molecular flexibility index (Phi) is 3.50. The van der Waals surface area contributed by atoms with Crippen LogP contribution in [0.2, 0.25) is 5.02 Å². The van der Waals surface area contributed by atoms with Crippen molar-refractivity contribution in [3.8, 4) is 0 Å². The molecule has 0 spiro atoms. The van der Waals surface area contributed by atoms with Gasteiger partial charge >= 0.3 is 0 Å². The second kappa shape index (κ2) is 5.14. The highest BCUT2D eigenvalue weighted by atomic mass is 35.5. The monoisotopic (exact) mass is 278 g/mol. The summed E-state index contributed by atoms with van der Waals surface area (Å²) in [6.45, 7) is 1.62. The van der Waals surface area contributed by atoms with E-state index < -0.39 is 0 Å². The summed E-state index contributed by atoms with van der Waals surface area (Å²) >= 11 is 6.19. The van der Waals surface area contributed by atoms with Crippen LogP contribution in [-0.2, 0) is 4.79 Å². The lowest BCUT2D eigenvalue weighted by Crippen LogP contribution is -2.43. The maximum Gasteiger partial charge on any atom is 0.226 e. The summed E-state index contributed by atoms with van der Waals surface area (Å²) in [4.78, 5) is 14.4. The van der Waals surface area contributed by atoms with Crippen molar-refractivity contribution in [1.29, 1.82) is 0 Å². The highest BCUT2D eigenvalue weighted by Gasteiger charge is 2.46. The van der Waals surface area contributed by atoms with Crippen LogP contribution in [0.5, 0.6) is 0 Å². The quantitative estimate of drug-likeness (QED) is 0.903. The normalized spacial score (nSPS) is 27.4. The first-order valence-electron chi connectivity index (χ1n) is 6.95. The van der Waals surface area contributed by atoms with Gasteiger partial charge in [0.1, 0.15) is 0 Å². The van der Waals surface area contributed by atoms with Gasteiger partial charge in [-0.1, -0.05) is 29.8 Å². The molecule has 1 saturated heterocycles. The molecule has 0 unspecified atom stereocenters. The SMILES string of the molecule is NC1CCN(C(=O)[C@@H]2C[C@@H]2c2ccccc2Cl)CC1. The molecule has 4 heteroatoms. The van der Waals surface area contributed by atoms with E-state index in [0.29, 0.717) is 5.92 Å². The van der Waals surface area contributed by atoms with E-state index in [-0.39, 0.29) is 17.9 Å². The molecule has 3 rings (SSSR count). The third-order valence-corrected chi connectivity index (χ3v) is 4.61. The van der Waals surface area contributed by atoms with Crippen LogP contribution in [0.1, 0.15) is 30.7 Å². The second-order valence-corrected chi connectivity index (χ2v) is 6.04. The minimum Gasteiger partial charge on any atom is -0.342 e. The molecule has 2 N–H and O–H groups in total. The third kappa shape index (κ3) is 2.63. The van der Waals surface area contributed by atoms with Gasteiger partial charge in [0.25, 0.3) is 0 Å². The molecule has 1 saturated carbocycles. The Morgan fingerprint density at radius 1 is 1.26 bits per heavy atom. The van der Waals surface area contributed by atoms with Crippen molar-refractivity contribution in [2.24, 2.45) is 11.7 Å². The standard InChI is InChI=1S/C15H19ClN2O/c16-14-4-2-1-3-11(14)12-9-13(12)15(19)18-7-5-10(17)6-8-18/h1-4,10,12-13H,5-9,17H2/t12-,13-/m1/s1. The van der Waals surface area contributed by atoms with Crippen molar-refractivity contribution in [3.63, 3.8) is 0 Å². The van der Waals surface area contributed by atoms with Crippen LogP contribution in [0, 0.1) is 5.92 Å². The Morgan fingerprint density at radius 3 is 2.63 bits per heavy atom. The predicted molar refractivity (Wildman–Crippen MR) is 76.1 cm³/mol. The maximum atomic E-state index is 12.4. The number of nitrogens with zero attached hydrogens (tertiary/aromatic N) is 1. The number of nitrogens with two attached hydrogens (primary N) is 1. The van der Waals surface area contributed by atoms with Crippen LogP contribution in [0.15, 0.2) is 24.3 Å². The Balaban J connectivity index is 1.63. The summed E-state index contributed by atoms with van der Waals surface area (Å²) in [5.41, 5.74) is 6.99. The Bertz CT molecular complexity index is 483. The molecule has 0 bridgehead atoms. The zero-order valence-corrected chi connectivity index (χ0v) is 11.6. The second-order valence-electron chi connectivity index (χ2n) is 5.63. The molecule has 102 valence electrons. The summed E-state index contributed by atoms with van der Waals surface area (Å²) in [5, 5.41) is 0.781. The average molecular weight is 279 g/mol.